The van der Waals surface area contributed by atoms with Crippen molar-refractivity contribution in [3.05, 3.63) is 12.2 Å². The van der Waals surface area contributed by atoms with Gasteiger partial charge in [0.25, 0.3) is 0 Å². The second-order valence-corrected chi connectivity index (χ2v) is 4.56. The third-order valence-corrected chi connectivity index (χ3v) is 2.73. The summed E-state index contributed by atoms with van der Waals surface area (Å²) >= 11 is 0. The first kappa shape index (κ1) is 14.4. The highest BCUT2D eigenvalue weighted by atomic mass is 16.1. The van der Waals surface area contributed by atoms with Gasteiger partial charge in [0.1, 0.15) is 0 Å². The first-order valence-electron chi connectivity index (χ1n) is 5.78. The van der Waals surface area contributed by atoms with Crippen LogP contribution in [0.3, 0.4) is 0 Å². The molecule has 0 spiro atoms. The molecule has 0 aliphatic heterocycles. The van der Waals surface area contributed by atoms with Crippen LogP contribution >= 0.6 is 0 Å². The number of ketones is 1. The molecule has 2 unspecified atom stereocenters. The summed E-state index contributed by atoms with van der Waals surface area (Å²) < 4.78 is 0. The van der Waals surface area contributed by atoms with Crippen molar-refractivity contribution >= 4 is 5.78 Å². The van der Waals surface area contributed by atoms with Crippen LogP contribution in [0.25, 0.3) is 0 Å². The number of Topliss-reactive ketones (excluding diaryl/α,β-unsaturated/α-hetero) is 1. The summed E-state index contributed by atoms with van der Waals surface area (Å²) in [7, 11) is 3.97. The largest absolute Gasteiger partial charge is 0.299 e. The molecule has 0 radical (unpaired) electrons. The Labute approximate surface area is 94.4 Å². The lowest BCUT2D eigenvalue weighted by molar-refractivity contribution is -0.127. The predicted octanol–water partition coefficient (Wildman–Crippen LogP) is 2.74. The van der Waals surface area contributed by atoms with Crippen molar-refractivity contribution in [2.75, 3.05) is 14.1 Å². The highest BCUT2D eigenvalue weighted by Gasteiger charge is 2.28. The summed E-state index contributed by atoms with van der Waals surface area (Å²) in [5.74, 6) is 0.779. The Morgan fingerprint density at radius 3 is 2.13 bits per heavy atom. The van der Waals surface area contributed by atoms with E-state index in [1.54, 1.807) is 0 Å². The van der Waals surface area contributed by atoms with Crippen LogP contribution in [0.4, 0.5) is 0 Å². The van der Waals surface area contributed by atoms with Crippen molar-refractivity contribution in [2.45, 2.75) is 40.2 Å². The number of hydrogen-bond donors (Lipinski definition) is 0. The Hall–Kier alpha value is -0.630. The zero-order valence-electron chi connectivity index (χ0n) is 10.9. The Morgan fingerprint density at radius 2 is 1.87 bits per heavy atom. The summed E-state index contributed by atoms with van der Waals surface area (Å²) in [5, 5.41) is 0. The van der Waals surface area contributed by atoms with Gasteiger partial charge in [0.05, 0.1) is 6.04 Å². The van der Waals surface area contributed by atoms with Gasteiger partial charge in [-0.05, 0) is 33.4 Å². The van der Waals surface area contributed by atoms with E-state index >= 15 is 0 Å². The van der Waals surface area contributed by atoms with Gasteiger partial charge in [-0.1, -0.05) is 32.9 Å². The topological polar surface area (TPSA) is 20.3 Å². The van der Waals surface area contributed by atoms with E-state index in [0.29, 0.717) is 11.7 Å². The molecule has 0 aromatic carbocycles. The fourth-order valence-electron chi connectivity index (χ4n) is 1.90. The fraction of sp³-hybridized carbons (Fsp3) is 0.769. The molecule has 0 heterocycles. The maximum Gasteiger partial charge on any atom is 0.153 e. The maximum absolute atomic E-state index is 12.1. The summed E-state index contributed by atoms with van der Waals surface area (Å²) in [5.41, 5.74) is 0. The molecule has 2 atom stereocenters. The lowest BCUT2D eigenvalue weighted by Crippen LogP contribution is -2.43. The second-order valence-electron chi connectivity index (χ2n) is 4.56. The van der Waals surface area contributed by atoms with Gasteiger partial charge in [0.15, 0.2) is 5.78 Å². The van der Waals surface area contributed by atoms with Crippen molar-refractivity contribution < 1.29 is 4.79 Å². The van der Waals surface area contributed by atoms with Crippen LogP contribution in [0.2, 0.25) is 0 Å². The lowest BCUT2D eigenvalue weighted by atomic mass is 9.88. The van der Waals surface area contributed by atoms with Crippen molar-refractivity contribution in [2.24, 2.45) is 11.8 Å². The van der Waals surface area contributed by atoms with Gasteiger partial charge < -0.3 is 0 Å². The molecule has 0 amide bonds. The normalized spacial score (nSPS) is 16.3. The minimum Gasteiger partial charge on any atom is -0.299 e. The minimum atomic E-state index is 0.0196. The quantitative estimate of drug-likeness (QED) is 0.630. The molecule has 0 aromatic rings. The van der Waals surface area contributed by atoms with E-state index in [9.17, 15) is 4.79 Å². The molecule has 88 valence electrons. The summed E-state index contributed by atoms with van der Waals surface area (Å²) in [6, 6.07) is 0.0196. The van der Waals surface area contributed by atoms with Gasteiger partial charge >= 0.3 is 0 Å². The van der Waals surface area contributed by atoms with E-state index in [-0.39, 0.29) is 12.0 Å². The number of carbonyl (C=O) groups excluding carboxylic acids is 1. The highest BCUT2D eigenvalue weighted by Crippen LogP contribution is 2.19. The van der Waals surface area contributed by atoms with E-state index in [1.165, 1.54) is 0 Å². The molecular weight excluding hydrogens is 186 g/mol. The molecule has 0 saturated carbocycles. The third-order valence-electron chi connectivity index (χ3n) is 2.73. The number of hydrogen-bond acceptors (Lipinski definition) is 2. The number of allylic oxidation sites excluding steroid dienone is 1. The predicted molar refractivity (Wildman–Crippen MR) is 65.9 cm³/mol. The highest BCUT2D eigenvalue weighted by molar-refractivity contribution is 5.86. The Kier molecular flexibility index (Phi) is 6.50. The molecule has 0 fully saturated rings. The molecule has 0 bridgehead atoms. The first-order chi connectivity index (χ1) is 6.95. The average Bonchev–Trinajstić information content (AvgIpc) is 2.15. The minimum absolute atomic E-state index is 0.0196. The summed E-state index contributed by atoms with van der Waals surface area (Å²) in [4.78, 5) is 14.1. The molecule has 2 nitrogen and oxygen atoms in total. The lowest BCUT2D eigenvalue weighted by Gasteiger charge is -2.30. The summed E-state index contributed by atoms with van der Waals surface area (Å²) in [6.45, 7) is 8.09. The molecule has 15 heavy (non-hydrogen) atoms. The van der Waals surface area contributed by atoms with Crippen LogP contribution in [-0.4, -0.2) is 30.8 Å². The number of carbonyl (C=O) groups is 1. The van der Waals surface area contributed by atoms with E-state index in [4.69, 9.17) is 0 Å². The van der Waals surface area contributed by atoms with Crippen molar-refractivity contribution in [3.63, 3.8) is 0 Å². The van der Waals surface area contributed by atoms with Crippen molar-refractivity contribution in [3.8, 4) is 0 Å². The zero-order chi connectivity index (χ0) is 12.0. The second kappa shape index (κ2) is 6.78. The van der Waals surface area contributed by atoms with E-state index in [2.05, 4.69) is 13.0 Å². The van der Waals surface area contributed by atoms with Gasteiger partial charge in [-0.3, -0.25) is 9.69 Å². The number of nitrogens with zero attached hydrogens (tertiary/aromatic N) is 1. The molecule has 0 saturated heterocycles. The van der Waals surface area contributed by atoms with E-state index < -0.39 is 0 Å². The standard InChI is InChI=1S/C13H25NO/c1-7-9-11(8-2)12(14(5)6)13(15)10(3)4/h7,9-12H,8H2,1-6H3/b9-7-. The Balaban J connectivity index is 4.85. The Morgan fingerprint density at radius 1 is 1.33 bits per heavy atom. The van der Waals surface area contributed by atoms with E-state index in [0.717, 1.165) is 6.42 Å². The number of rotatable bonds is 6. The van der Waals surface area contributed by atoms with Crippen LogP contribution in [0.15, 0.2) is 12.2 Å². The SMILES string of the molecule is C/C=C\C(CC)C(C(=O)C(C)C)N(C)C. The Bertz CT molecular complexity index is 219. The van der Waals surface area contributed by atoms with Gasteiger partial charge in [0.2, 0.25) is 0 Å². The van der Waals surface area contributed by atoms with Gasteiger partial charge in [-0.2, -0.15) is 0 Å². The fourth-order valence-corrected chi connectivity index (χ4v) is 1.90. The van der Waals surface area contributed by atoms with Crippen LogP contribution in [0, 0.1) is 11.8 Å². The smallest absolute Gasteiger partial charge is 0.153 e. The van der Waals surface area contributed by atoms with Crippen LogP contribution < -0.4 is 0 Å². The maximum atomic E-state index is 12.1. The molecule has 0 aromatic heterocycles. The molecular formula is C13H25NO. The van der Waals surface area contributed by atoms with Crippen LogP contribution in [-0.2, 0) is 4.79 Å². The average molecular weight is 211 g/mol. The summed E-state index contributed by atoms with van der Waals surface area (Å²) in [6.07, 6.45) is 5.19. The molecule has 0 N–H and O–H groups in total. The molecule has 2 heteroatoms. The first-order valence-corrected chi connectivity index (χ1v) is 5.78. The van der Waals surface area contributed by atoms with Gasteiger partial charge in [-0.15, -0.1) is 0 Å². The van der Waals surface area contributed by atoms with E-state index in [1.807, 2.05) is 45.8 Å². The zero-order valence-corrected chi connectivity index (χ0v) is 10.9. The van der Waals surface area contributed by atoms with Crippen molar-refractivity contribution in [1.82, 2.24) is 4.90 Å². The number of likely N-dealkylation sites (N-methyl/N-ethyl adjacent to an activating group) is 1. The van der Waals surface area contributed by atoms with Crippen LogP contribution in [0.5, 0.6) is 0 Å². The third kappa shape index (κ3) is 4.17. The molecule has 0 aliphatic carbocycles. The van der Waals surface area contributed by atoms with Gasteiger partial charge in [0, 0.05) is 5.92 Å². The molecule has 0 aliphatic rings. The van der Waals surface area contributed by atoms with Crippen molar-refractivity contribution in [1.29, 1.82) is 0 Å². The monoisotopic (exact) mass is 211 g/mol. The van der Waals surface area contributed by atoms with Crippen LogP contribution in [0.1, 0.15) is 34.1 Å². The van der Waals surface area contributed by atoms with Gasteiger partial charge in [-0.25, -0.2) is 0 Å². The molecule has 0 rings (SSSR count).